The van der Waals surface area contributed by atoms with Gasteiger partial charge in [-0.05, 0) is 113 Å². The minimum absolute atomic E-state index is 0.559. The third-order valence-electron chi connectivity index (χ3n) is 6.92. The zero-order valence-electron chi connectivity index (χ0n) is 18.7. The molecule has 7 aromatic rings. The first kappa shape index (κ1) is 21.5. The maximum atomic E-state index is 5.97. The lowest BCUT2D eigenvalue weighted by atomic mass is 9.94. The monoisotopic (exact) mass is 524 g/mol. The molecule has 0 atom stereocenters. The van der Waals surface area contributed by atoms with Crippen molar-refractivity contribution < 1.29 is 0 Å². The summed E-state index contributed by atoms with van der Waals surface area (Å²) < 4.78 is 0. The van der Waals surface area contributed by atoms with Gasteiger partial charge >= 0.3 is 0 Å². The molecule has 0 unspecified atom stereocenters. The Kier molecular flexibility index (Phi) is 5.37. The van der Waals surface area contributed by atoms with Crippen molar-refractivity contribution in [3.05, 3.63) is 103 Å². The molecule has 7 rings (SSSR count). The van der Waals surface area contributed by atoms with E-state index >= 15 is 0 Å². The van der Waals surface area contributed by atoms with E-state index in [-0.39, 0.29) is 0 Å². The van der Waals surface area contributed by atoms with E-state index in [1.165, 1.54) is 69.8 Å². The second-order valence-corrected chi connectivity index (χ2v) is 19.4. The van der Waals surface area contributed by atoms with Crippen LogP contribution in [-0.2, 0) is 0 Å². The summed E-state index contributed by atoms with van der Waals surface area (Å²) in [4.78, 5) is 0. The van der Waals surface area contributed by atoms with E-state index in [4.69, 9.17) is 11.1 Å². The summed E-state index contributed by atoms with van der Waals surface area (Å²) in [6.45, 7) is 0. The van der Waals surface area contributed by atoms with Crippen LogP contribution in [0.25, 0.3) is 64.6 Å². The molecule has 0 saturated heterocycles. The SMILES string of the molecule is Cl[Si][Si][Si][Si]c1cccc2cc3cc4c(ccc5cc6cc7ccccc7cc6cc54)cc3cc12. The first-order valence-corrected chi connectivity index (χ1v) is 19.6. The average Bonchev–Trinajstić information content (AvgIpc) is 2.89. The van der Waals surface area contributed by atoms with Crippen molar-refractivity contribution in [2.75, 3.05) is 0 Å². The van der Waals surface area contributed by atoms with Gasteiger partial charge in [-0.15, -0.1) is 0 Å². The van der Waals surface area contributed by atoms with E-state index in [9.17, 15) is 0 Å². The quantitative estimate of drug-likeness (QED) is 0.0768. The molecule has 0 saturated carbocycles. The standard InChI is InChI=1S/C30H17ClSi4/c31-33-35-34-32-30-7-3-6-20-12-25-16-28-22(14-26(25)17-29(20)30)9-8-21-13-23-10-18-4-1-2-5-19(18)11-24(23)15-27(21)28/h1-17H. The van der Waals surface area contributed by atoms with Crippen LogP contribution in [0.15, 0.2) is 103 Å². The molecule has 0 heterocycles. The van der Waals surface area contributed by atoms with E-state index in [0.29, 0.717) is 8.35 Å². The van der Waals surface area contributed by atoms with Gasteiger partial charge in [0, 0.05) is 17.1 Å². The summed E-state index contributed by atoms with van der Waals surface area (Å²) in [7, 11) is 3.24. The largest absolute Gasteiger partial charge is 0.176 e. The highest BCUT2D eigenvalue weighted by atomic mass is 35.6. The van der Waals surface area contributed by atoms with E-state index in [1.54, 1.807) is 0 Å². The van der Waals surface area contributed by atoms with Crippen LogP contribution in [0.2, 0.25) is 0 Å². The van der Waals surface area contributed by atoms with Crippen LogP contribution >= 0.6 is 11.1 Å². The second-order valence-electron chi connectivity index (χ2n) is 8.95. The van der Waals surface area contributed by atoms with E-state index in [1.807, 2.05) is 0 Å². The van der Waals surface area contributed by atoms with Gasteiger partial charge in [0.05, 0.1) is 9.04 Å². The van der Waals surface area contributed by atoms with Crippen LogP contribution in [0.5, 0.6) is 0 Å². The second kappa shape index (κ2) is 8.73. The van der Waals surface area contributed by atoms with Crippen LogP contribution < -0.4 is 5.19 Å². The van der Waals surface area contributed by atoms with Crippen LogP contribution in [0.1, 0.15) is 0 Å². The highest BCUT2D eigenvalue weighted by Crippen LogP contribution is 2.34. The van der Waals surface area contributed by atoms with Crippen molar-refractivity contribution in [3.8, 4) is 0 Å². The van der Waals surface area contributed by atoms with Gasteiger partial charge in [0.1, 0.15) is 8.35 Å². The Morgan fingerprint density at radius 3 is 1.49 bits per heavy atom. The fourth-order valence-corrected chi connectivity index (χ4v) is 16.4. The van der Waals surface area contributed by atoms with E-state index in [2.05, 4.69) is 103 Å². The van der Waals surface area contributed by atoms with Gasteiger partial charge in [-0.3, -0.25) is 0 Å². The first-order chi connectivity index (χ1) is 17.3. The summed E-state index contributed by atoms with van der Waals surface area (Å²) >= 11 is 5.97. The Balaban J connectivity index is 1.45. The summed E-state index contributed by atoms with van der Waals surface area (Å²) in [6.07, 6.45) is 0. The normalized spacial score (nSPS) is 12.0. The predicted octanol–water partition coefficient (Wildman–Crippen LogP) is 6.95. The fraction of sp³-hybridized carbons (Fsp3) is 0. The molecular formula is C30H17ClSi4. The zero-order valence-corrected chi connectivity index (χ0v) is 23.4. The molecule has 160 valence electrons. The molecule has 0 nitrogen and oxygen atoms in total. The van der Waals surface area contributed by atoms with Gasteiger partial charge in [0.25, 0.3) is 0 Å². The maximum absolute atomic E-state index is 5.97. The topological polar surface area (TPSA) is 0 Å². The Morgan fingerprint density at radius 2 is 0.886 bits per heavy atom. The highest BCUT2D eigenvalue weighted by molar-refractivity contribution is 7.53. The van der Waals surface area contributed by atoms with Gasteiger partial charge in [0.2, 0.25) is 0 Å². The predicted molar refractivity (Wildman–Crippen MR) is 160 cm³/mol. The molecule has 0 spiro atoms. The lowest BCUT2D eigenvalue weighted by Crippen LogP contribution is -2.27. The van der Waals surface area contributed by atoms with Crippen molar-refractivity contribution in [2.24, 2.45) is 0 Å². The summed E-state index contributed by atoms with van der Waals surface area (Å²) in [5.41, 5.74) is 0. The lowest BCUT2D eigenvalue weighted by molar-refractivity contribution is 1.79. The average molecular weight is 525 g/mol. The summed E-state index contributed by atoms with van der Waals surface area (Å²) in [5, 5.41) is 17.3. The van der Waals surface area contributed by atoms with Gasteiger partial charge < -0.3 is 0 Å². The Hall–Kier alpha value is -2.74. The van der Waals surface area contributed by atoms with E-state index in [0.717, 1.165) is 26.1 Å². The van der Waals surface area contributed by atoms with Gasteiger partial charge in [-0.1, -0.05) is 59.8 Å². The molecule has 0 fully saturated rings. The Labute approximate surface area is 217 Å². The first-order valence-electron chi connectivity index (χ1n) is 11.5. The summed E-state index contributed by atoms with van der Waals surface area (Å²) in [6, 6.07) is 38.9. The molecule has 35 heavy (non-hydrogen) atoms. The summed E-state index contributed by atoms with van der Waals surface area (Å²) in [5.74, 6) is 0. The molecule has 0 aliphatic heterocycles. The molecule has 0 aliphatic carbocycles. The van der Waals surface area contributed by atoms with Crippen molar-refractivity contribution in [2.45, 2.75) is 0 Å². The molecule has 0 bridgehead atoms. The van der Waals surface area contributed by atoms with Crippen molar-refractivity contribution in [1.82, 2.24) is 0 Å². The van der Waals surface area contributed by atoms with Crippen LogP contribution in [0, 0.1) is 0 Å². The number of hydrogen-bond donors (Lipinski definition) is 0. The van der Waals surface area contributed by atoms with Crippen molar-refractivity contribution in [3.63, 3.8) is 0 Å². The zero-order chi connectivity index (χ0) is 23.4. The number of benzene rings is 7. The molecule has 0 N–H and O–H groups in total. The van der Waals surface area contributed by atoms with Gasteiger partial charge in [-0.25, -0.2) is 0 Å². The Bertz CT molecular complexity index is 1930. The highest BCUT2D eigenvalue weighted by Gasteiger charge is 2.09. The van der Waals surface area contributed by atoms with Gasteiger partial charge in [0.15, 0.2) is 0 Å². The van der Waals surface area contributed by atoms with Crippen molar-refractivity contribution in [1.29, 1.82) is 0 Å². The third kappa shape index (κ3) is 3.77. The molecule has 0 aliphatic rings. The number of halogens is 1. The van der Waals surface area contributed by atoms with Crippen LogP contribution in [0.3, 0.4) is 0 Å². The van der Waals surface area contributed by atoms with E-state index < -0.39 is 0 Å². The molecule has 5 heteroatoms. The fourth-order valence-electron chi connectivity index (χ4n) is 5.26. The number of hydrogen-bond acceptors (Lipinski definition) is 0. The Morgan fingerprint density at radius 1 is 0.400 bits per heavy atom. The maximum Gasteiger partial charge on any atom is 0.147 e. The molecule has 0 amide bonds. The molecular weight excluding hydrogens is 508 g/mol. The van der Waals surface area contributed by atoms with Crippen LogP contribution in [-0.4, -0.2) is 34.5 Å². The molecule has 0 aromatic heterocycles. The van der Waals surface area contributed by atoms with Crippen molar-refractivity contribution >= 4 is 115 Å². The smallest absolute Gasteiger partial charge is 0.147 e. The molecule has 8 radical (unpaired) electrons. The minimum atomic E-state index is 0.559. The van der Waals surface area contributed by atoms with Gasteiger partial charge in [-0.2, -0.15) is 11.1 Å². The number of fused-ring (bicyclic) bond motifs is 7. The number of rotatable bonds is 4. The lowest BCUT2D eigenvalue weighted by Gasteiger charge is -2.11. The molecule has 7 aromatic carbocycles. The third-order valence-corrected chi connectivity index (χ3v) is 18.8. The minimum Gasteiger partial charge on any atom is -0.176 e. The van der Waals surface area contributed by atoms with Crippen LogP contribution in [0.4, 0.5) is 0 Å².